The molecule has 1 heterocycles. The highest BCUT2D eigenvalue weighted by molar-refractivity contribution is 5.60. The highest BCUT2D eigenvalue weighted by atomic mass is 16.7. The minimum absolute atomic E-state index is 0.310. The third kappa shape index (κ3) is 3.47. The van der Waals surface area contributed by atoms with Crippen LogP contribution in [0.1, 0.15) is 31.9 Å². The first kappa shape index (κ1) is 12.9. The molecule has 18 heavy (non-hydrogen) atoms. The van der Waals surface area contributed by atoms with Gasteiger partial charge in [0.25, 0.3) is 0 Å². The largest absolute Gasteiger partial charge is 0.510 e. The van der Waals surface area contributed by atoms with Gasteiger partial charge in [0, 0.05) is 13.0 Å². The summed E-state index contributed by atoms with van der Waals surface area (Å²) in [4.78, 5) is 11.6. The molecule has 0 saturated heterocycles. The van der Waals surface area contributed by atoms with Crippen molar-refractivity contribution in [2.75, 3.05) is 0 Å². The Morgan fingerprint density at radius 3 is 2.61 bits per heavy atom. The van der Waals surface area contributed by atoms with Crippen molar-refractivity contribution >= 4 is 6.16 Å². The van der Waals surface area contributed by atoms with Crippen molar-refractivity contribution in [1.82, 2.24) is 5.32 Å². The Kier molecular flexibility index (Phi) is 3.57. The summed E-state index contributed by atoms with van der Waals surface area (Å²) < 4.78 is 10.4. The Morgan fingerprint density at radius 1 is 1.28 bits per heavy atom. The Hall–Kier alpha value is -1.55. The van der Waals surface area contributed by atoms with Crippen LogP contribution in [0.2, 0.25) is 0 Å². The van der Waals surface area contributed by atoms with Crippen LogP contribution in [0.5, 0.6) is 0 Å². The van der Waals surface area contributed by atoms with Gasteiger partial charge in [-0.15, -0.1) is 0 Å². The number of fused-ring (bicyclic) bond motifs is 1. The average molecular weight is 249 g/mol. The van der Waals surface area contributed by atoms with E-state index < -0.39 is 11.8 Å². The predicted molar refractivity (Wildman–Crippen MR) is 68.1 cm³/mol. The number of hydrogen-bond donors (Lipinski definition) is 1. The first-order chi connectivity index (χ1) is 8.44. The molecular formula is C14H19NO3. The lowest BCUT2D eigenvalue weighted by Crippen LogP contribution is -2.40. The number of carbonyl (C=O) groups excluding carboxylic acids is 1. The van der Waals surface area contributed by atoms with Crippen LogP contribution < -0.4 is 5.32 Å². The monoisotopic (exact) mass is 249 g/mol. The lowest BCUT2D eigenvalue weighted by molar-refractivity contribution is -0.0353. The lowest BCUT2D eigenvalue weighted by Gasteiger charge is -2.27. The van der Waals surface area contributed by atoms with Gasteiger partial charge in [0.2, 0.25) is 0 Å². The molecule has 1 aliphatic heterocycles. The van der Waals surface area contributed by atoms with Crippen molar-refractivity contribution in [1.29, 1.82) is 0 Å². The Labute approximate surface area is 107 Å². The van der Waals surface area contributed by atoms with Crippen molar-refractivity contribution in [3.8, 4) is 0 Å². The minimum atomic E-state index is -0.626. The fraction of sp³-hybridized carbons (Fsp3) is 0.500. The van der Waals surface area contributed by atoms with Gasteiger partial charge >= 0.3 is 6.16 Å². The Morgan fingerprint density at radius 2 is 1.94 bits per heavy atom. The fourth-order valence-corrected chi connectivity index (χ4v) is 1.90. The zero-order valence-corrected chi connectivity index (χ0v) is 11.0. The van der Waals surface area contributed by atoms with Crippen molar-refractivity contribution < 1.29 is 14.3 Å². The van der Waals surface area contributed by atoms with Gasteiger partial charge in [-0.3, -0.25) is 5.32 Å². The second-order valence-electron chi connectivity index (χ2n) is 5.42. The van der Waals surface area contributed by atoms with E-state index in [2.05, 4.69) is 17.4 Å². The maximum atomic E-state index is 11.6. The molecule has 1 atom stereocenters. The number of hydrogen-bond acceptors (Lipinski definition) is 4. The SMILES string of the molecule is CC(C)(C)OC(=O)OC1Cc2ccccc2CN1. The molecule has 2 rings (SSSR count). The maximum Gasteiger partial charge on any atom is 0.510 e. The third-order valence-electron chi connectivity index (χ3n) is 2.67. The van der Waals surface area contributed by atoms with Gasteiger partial charge in [-0.1, -0.05) is 24.3 Å². The third-order valence-corrected chi connectivity index (χ3v) is 2.67. The van der Waals surface area contributed by atoms with Gasteiger partial charge in [-0.25, -0.2) is 4.79 Å². The van der Waals surface area contributed by atoms with Crippen LogP contribution >= 0.6 is 0 Å². The molecule has 1 unspecified atom stereocenters. The number of benzene rings is 1. The summed E-state index contributed by atoms with van der Waals surface area (Å²) in [6, 6.07) is 8.14. The number of nitrogens with one attached hydrogen (secondary N) is 1. The molecule has 0 radical (unpaired) electrons. The average Bonchev–Trinajstić information content (AvgIpc) is 2.26. The summed E-state index contributed by atoms with van der Waals surface area (Å²) in [7, 11) is 0. The van der Waals surface area contributed by atoms with Crippen LogP contribution in [0.15, 0.2) is 24.3 Å². The molecule has 0 aromatic heterocycles. The molecule has 0 aliphatic carbocycles. The first-order valence-electron chi connectivity index (χ1n) is 6.14. The predicted octanol–water partition coefficient (Wildman–Crippen LogP) is 2.61. The standard InChI is InChI=1S/C14H19NO3/c1-14(2,3)18-13(16)17-12-8-10-6-4-5-7-11(10)9-15-12/h4-7,12,15H,8-9H2,1-3H3. The first-order valence-corrected chi connectivity index (χ1v) is 6.14. The molecule has 0 amide bonds. The molecule has 1 aromatic carbocycles. The summed E-state index contributed by atoms with van der Waals surface area (Å²) in [6.45, 7) is 6.16. The van der Waals surface area contributed by atoms with E-state index in [1.165, 1.54) is 11.1 Å². The molecule has 1 aromatic rings. The van der Waals surface area contributed by atoms with E-state index >= 15 is 0 Å². The Balaban J connectivity index is 1.92. The van der Waals surface area contributed by atoms with Gasteiger partial charge in [-0.2, -0.15) is 0 Å². The number of carbonyl (C=O) groups is 1. The molecule has 1 aliphatic rings. The summed E-state index contributed by atoms with van der Waals surface area (Å²) in [5.74, 6) is 0. The van der Waals surface area contributed by atoms with Crippen LogP contribution in [0.4, 0.5) is 4.79 Å². The molecular weight excluding hydrogens is 230 g/mol. The van der Waals surface area contributed by atoms with E-state index in [0.717, 1.165) is 0 Å². The van der Waals surface area contributed by atoms with E-state index in [1.807, 2.05) is 32.9 Å². The van der Waals surface area contributed by atoms with Crippen LogP contribution in [0, 0.1) is 0 Å². The molecule has 4 heteroatoms. The Bertz CT molecular complexity index is 437. The van der Waals surface area contributed by atoms with Crippen LogP contribution in [0.25, 0.3) is 0 Å². The van der Waals surface area contributed by atoms with E-state index in [0.29, 0.717) is 13.0 Å². The zero-order valence-electron chi connectivity index (χ0n) is 11.0. The maximum absolute atomic E-state index is 11.6. The van der Waals surface area contributed by atoms with Gasteiger partial charge in [0.05, 0.1) is 0 Å². The fourth-order valence-electron chi connectivity index (χ4n) is 1.90. The second-order valence-corrected chi connectivity index (χ2v) is 5.42. The molecule has 4 nitrogen and oxygen atoms in total. The van der Waals surface area contributed by atoms with Gasteiger partial charge < -0.3 is 9.47 Å². The van der Waals surface area contributed by atoms with Crippen molar-refractivity contribution in [2.45, 2.75) is 45.6 Å². The topological polar surface area (TPSA) is 47.6 Å². The van der Waals surface area contributed by atoms with Gasteiger partial charge in [-0.05, 0) is 31.9 Å². The van der Waals surface area contributed by atoms with Crippen LogP contribution in [-0.2, 0) is 22.4 Å². The molecule has 0 saturated carbocycles. The number of ether oxygens (including phenoxy) is 2. The molecule has 0 fully saturated rings. The highest BCUT2D eigenvalue weighted by Crippen LogP contribution is 2.18. The summed E-state index contributed by atoms with van der Waals surface area (Å²) in [6.07, 6.45) is -0.260. The van der Waals surface area contributed by atoms with Crippen molar-refractivity contribution in [3.05, 3.63) is 35.4 Å². The molecule has 1 N–H and O–H groups in total. The molecule has 0 spiro atoms. The molecule has 0 bridgehead atoms. The van der Waals surface area contributed by atoms with E-state index in [4.69, 9.17) is 9.47 Å². The smallest absolute Gasteiger partial charge is 0.429 e. The quantitative estimate of drug-likeness (QED) is 0.777. The minimum Gasteiger partial charge on any atom is -0.429 e. The summed E-state index contributed by atoms with van der Waals surface area (Å²) in [5, 5.41) is 3.17. The zero-order chi connectivity index (χ0) is 13.2. The summed E-state index contributed by atoms with van der Waals surface area (Å²) >= 11 is 0. The normalized spacial score (nSPS) is 18.9. The summed E-state index contributed by atoms with van der Waals surface area (Å²) in [5.41, 5.74) is 1.94. The van der Waals surface area contributed by atoms with E-state index in [9.17, 15) is 4.79 Å². The van der Waals surface area contributed by atoms with Gasteiger partial charge in [0.1, 0.15) is 5.60 Å². The number of rotatable bonds is 1. The van der Waals surface area contributed by atoms with E-state index in [-0.39, 0.29) is 6.23 Å². The van der Waals surface area contributed by atoms with Crippen molar-refractivity contribution in [3.63, 3.8) is 0 Å². The van der Waals surface area contributed by atoms with Crippen molar-refractivity contribution in [2.24, 2.45) is 0 Å². The van der Waals surface area contributed by atoms with Crippen LogP contribution in [-0.4, -0.2) is 18.0 Å². The van der Waals surface area contributed by atoms with E-state index in [1.54, 1.807) is 0 Å². The highest BCUT2D eigenvalue weighted by Gasteiger charge is 2.24. The lowest BCUT2D eigenvalue weighted by atomic mass is 10.0. The molecule has 98 valence electrons. The second kappa shape index (κ2) is 4.98. The van der Waals surface area contributed by atoms with Gasteiger partial charge in [0.15, 0.2) is 6.23 Å². The van der Waals surface area contributed by atoms with Crippen LogP contribution in [0.3, 0.4) is 0 Å².